The van der Waals surface area contributed by atoms with Crippen molar-refractivity contribution in [1.82, 2.24) is 0 Å². The van der Waals surface area contributed by atoms with E-state index in [0.717, 1.165) is 5.92 Å². The molecular formula is C13H27N. The molecule has 2 N–H and O–H groups in total. The van der Waals surface area contributed by atoms with Crippen LogP contribution in [0.15, 0.2) is 0 Å². The van der Waals surface area contributed by atoms with E-state index < -0.39 is 0 Å². The molecule has 84 valence electrons. The summed E-state index contributed by atoms with van der Waals surface area (Å²) in [6.07, 6.45) is 5.07. The zero-order valence-electron chi connectivity index (χ0n) is 10.6. The average Bonchev–Trinajstić information content (AvgIpc) is 2.03. The Labute approximate surface area is 89.5 Å². The highest BCUT2D eigenvalue weighted by Crippen LogP contribution is 2.42. The maximum Gasteiger partial charge on any atom is 0.0177 e. The van der Waals surface area contributed by atoms with Crippen LogP contribution in [0.4, 0.5) is 0 Å². The topological polar surface area (TPSA) is 26.0 Å². The van der Waals surface area contributed by atoms with Crippen LogP contribution in [0.5, 0.6) is 0 Å². The molecule has 1 saturated carbocycles. The Morgan fingerprint density at radius 3 is 1.86 bits per heavy atom. The Kier molecular flexibility index (Phi) is 3.30. The molecule has 0 heterocycles. The van der Waals surface area contributed by atoms with E-state index in [0.29, 0.717) is 11.3 Å². The fourth-order valence-corrected chi connectivity index (χ4v) is 2.60. The van der Waals surface area contributed by atoms with Crippen LogP contribution in [0, 0.1) is 17.3 Å². The third-order valence-corrected chi connectivity index (χ3v) is 4.29. The van der Waals surface area contributed by atoms with Crippen molar-refractivity contribution in [1.29, 1.82) is 0 Å². The summed E-state index contributed by atoms with van der Waals surface area (Å²) in [6, 6.07) is 0. The minimum atomic E-state index is 0.127. The maximum atomic E-state index is 6.41. The second-order valence-electron chi connectivity index (χ2n) is 6.53. The van der Waals surface area contributed by atoms with E-state index in [9.17, 15) is 0 Å². The molecule has 0 aromatic rings. The molecule has 1 aliphatic carbocycles. The van der Waals surface area contributed by atoms with Gasteiger partial charge in [0.05, 0.1) is 0 Å². The normalized spacial score (nSPS) is 34.9. The second-order valence-corrected chi connectivity index (χ2v) is 6.53. The Balaban J connectivity index is 2.54. The number of nitrogens with two attached hydrogens (primary N) is 1. The molecule has 0 aromatic heterocycles. The summed E-state index contributed by atoms with van der Waals surface area (Å²) in [4.78, 5) is 0. The van der Waals surface area contributed by atoms with Gasteiger partial charge in [-0.05, 0) is 42.9 Å². The van der Waals surface area contributed by atoms with E-state index in [1.165, 1.54) is 25.7 Å². The molecule has 0 aliphatic heterocycles. The number of hydrogen-bond acceptors (Lipinski definition) is 1. The molecular weight excluding hydrogens is 170 g/mol. The zero-order chi connectivity index (χ0) is 11.0. The first kappa shape index (κ1) is 12.0. The Morgan fingerprint density at radius 2 is 1.57 bits per heavy atom. The minimum absolute atomic E-state index is 0.127. The lowest BCUT2D eigenvalue weighted by Crippen LogP contribution is -2.49. The van der Waals surface area contributed by atoms with Gasteiger partial charge in [-0.1, -0.05) is 34.6 Å². The molecule has 0 atom stereocenters. The quantitative estimate of drug-likeness (QED) is 0.683. The van der Waals surface area contributed by atoms with Gasteiger partial charge in [0.25, 0.3) is 0 Å². The van der Waals surface area contributed by atoms with Gasteiger partial charge in [0.2, 0.25) is 0 Å². The maximum absolute atomic E-state index is 6.41. The van der Waals surface area contributed by atoms with Crippen molar-refractivity contribution < 1.29 is 0 Å². The second kappa shape index (κ2) is 3.84. The van der Waals surface area contributed by atoms with Crippen molar-refractivity contribution in [2.75, 3.05) is 0 Å². The summed E-state index contributed by atoms with van der Waals surface area (Å²) in [5.74, 6) is 1.50. The molecule has 1 aliphatic rings. The SMILES string of the molecule is CC(C)C1(N)CCC(C(C)(C)C)CC1. The Bertz CT molecular complexity index is 180. The fraction of sp³-hybridized carbons (Fsp3) is 1.00. The van der Waals surface area contributed by atoms with Crippen molar-refractivity contribution >= 4 is 0 Å². The first-order valence-corrected chi connectivity index (χ1v) is 6.04. The molecule has 1 fully saturated rings. The molecule has 0 aromatic carbocycles. The molecule has 0 saturated heterocycles. The van der Waals surface area contributed by atoms with Gasteiger partial charge in [-0.3, -0.25) is 0 Å². The lowest BCUT2D eigenvalue weighted by atomic mass is 9.65. The van der Waals surface area contributed by atoms with Crippen LogP contribution in [0.3, 0.4) is 0 Å². The molecule has 0 unspecified atom stereocenters. The largest absolute Gasteiger partial charge is 0.325 e. The summed E-state index contributed by atoms with van der Waals surface area (Å²) < 4.78 is 0. The predicted molar refractivity (Wildman–Crippen MR) is 63.2 cm³/mol. The van der Waals surface area contributed by atoms with Crippen LogP contribution in [0.2, 0.25) is 0 Å². The van der Waals surface area contributed by atoms with Crippen molar-refractivity contribution in [2.24, 2.45) is 23.0 Å². The van der Waals surface area contributed by atoms with Gasteiger partial charge in [0.15, 0.2) is 0 Å². The van der Waals surface area contributed by atoms with Gasteiger partial charge in [0.1, 0.15) is 0 Å². The number of rotatable bonds is 1. The molecule has 0 amide bonds. The summed E-state index contributed by atoms with van der Waals surface area (Å²) in [5, 5.41) is 0. The van der Waals surface area contributed by atoms with Crippen LogP contribution >= 0.6 is 0 Å². The van der Waals surface area contributed by atoms with Crippen LogP contribution in [0.1, 0.15) is 60.3 Å². The molecule has 1 nitrogen and oxygen atoms in total. The van der Waals surface area contributed by atoms with E-state index in [1.807, 2.05) is 0 Å². The van der Waals surface area contributed by atoms with E-state index >= 15 is 0 Å². The summed E-state index contributed by atoms with van der Waals surface area (Å²) >= 11 is 0. The minimum Gasteiger partial charge on any atom is -0.325 e. The fourth-order valence-electron chi connectivity index (χ4n) is 2.60. The van der Waals surface area contributed by atoms with Gasteiger partial charge >= 0.3 is 0 Å². The van der Waals surface area contributed by atoms with Crippen LogP contribution in [-0.2, 0) is 0 Å². The highest BCUT2D eigenvalue weighted by molar-refractivity contribution is 4.94. The van der Waals surface area contributed by atoms with E-state index in [1.54, 1.807) is 0 Å². The predicted octanol–water partition coefficient (Wildman–Crippen LogP) is 3.58. The van der Waals surface area contributed by atoms with Crippen LogP contribution in [-0.4, -0.2) is 5.54 Å². The smallest absolute Gasteiger partial charge is 0.0177 e. The highest BCUT2D eigenvalue weighted by atomic mass is 14.8. The molecule has 14 heavy (non-hydrogen) atoms. The Hall–Kier alpha value is -0.0400. The van der Waals surface area contributed by atoms with Gasteiger partial charge in [0, 0.05) is 5.54 Å². The standard InChI is InChI=1S/C13H27N/c1-10(2)13(14)8-6-11(7-9-13)12(3,4)5/h10-11H,6-9,14H2,1-5H3. The number of hydrogen-bond donors (Lipinski definition) is 1. The van der Waals surface area contributed by atoms with Crippen molar-refractivity contribution in [3.05, 3.63) is 0 Å². The van der Waals surface area contributed by atoms with Crippen molar-refractivity contribution in [2.45, 2.75) is 65.8 Å². The zero-order valence-corrected chi connectivity index (χ0v) is 10.6. The molecule has 0 radical (unpaired) electrons. The highest BCUT2D eigenvalue weighted by Gasteiger charge is 2.37. The van der Waals surface area contributed by atoms with Gasteiger partial charge in [-0.2, -0.15) is 0 Å². The van der Waals surface area contributed by atoms with Crippen molar-refractivity contribution in [3.63, 3.8) is 0 Å². The van der Waals surface area contributed by atoms with Crippen LogP contribution in [0.25, 0.3) is 0 Å². The van der Waals surface area contributed by atoms with E-state index in [-0.39, 0.29) is 5.54 Å². The monoisotopic (exact) mass is 197 g/mol. The Morgan fingerprint density at radius 1 is 1.14 bits per heavy atom. The third kappa shape index (κ3) is 2.50. The lowest BCUT2D eigenvalue weighted by Gasteiger charge is -2.44. The molecule has 1 rings (SSSR count). The summed E-state index contributed by atoms with van der Waals surface area (Å²) in [5.41, 5.74) is 7.00. The van der Waals surface area contributed by atoms with Gasteiger partial charge in [-0.15, -0.1) is 0 Å². The van der Waals surface area contributed by atoms with Crippen LogP contribution < -0.4 is 5.73 Å². The average molecular weight is 197 g/mol. The van der Waals surface area contributed by atoms with Gasteiger partial charge < -0.3 is 5.73 Å². The van der Waals surface area contributed by atoms with E-state index in [4.69, 9.17) is 5.73 Å². The van der Waals surface area contributed by atoms with Gasteiger partial charge in [-0.25, -0.2) is 0 Å². The molecule has 0 spiro atoms. The first-order chi connectivity index (χ1) is 6.26. The first-order valence-electron chi connectivity index (χ1n) is 6.04. The third-order valence-electron chi connectivity index (χ3n) is 4.29. The van der Waals surface area contributed by atoms with Crippen molar-refractivity contribution in [3.8, 4) is 0 Å². The van der Waals surface area contributed by atoms with E-state index in [2.05, 4.69) is 34.6 Å². The molecule has 1 heteroatoms. The lowest BCUT2D eigenvalue weighted by molar-refractivity contribution is 0.111. The summed E-state index contributed by atoms with van der Waals surface area (Å²) in [7, 11) is 0. The summed E-state index contributed by atoms with van der Waals surface area (Å²) in [6.45, 7) is 11.6. The molecule has 0 bridgehead atoms.